The Morgan fingerprint density at radius 2 is 1.92 bits per heavy atom. The molecule has 1 aliphatic carbocycles. The second kappa shape index (κ2) is 5.92. The molecule has 1 saturated carbocycles. The lowest BCUT2D eigenvalue weighted by atomic mass is 10.1. The third kappa shape index (κ3) is 2.65. The molecule has 0 saturated heterocycles. The molecule has 1 fully saturated rings. The van der Waals surface area contributed by atoms with Crippen molar-refractivity contribution in [1.82, 2.24) is 9.55 Å². The molecule has 2 aromatic carbocycles. The van der Waals surface area contributed by atoms with E-state index in [2.05, 4.69) is 4.57 Å². The fourth-order valence-electron chi connectivity index (χ4n) is 3.76. The number of nitrogens with zero attached hydrogens (tertiary/aromatic N) is 2. The van der Waals surface area contributed by atoms with Gasteiger partial charge in [-0.25, -0.2) is 9.78 Å². The van der Waals surface area contributed by atoms with Gasteiger partial charge in [0.25, 0.3) is 0 Å². The predicted molar refractivity (Wildman–Crippen MR) is 96.0 cm³/mol. The highest BCUT2D eigenvalue weighted by atomic mass is 16.4. The molecule has 3 aromatic rings. The highest BCUT2D eigenvalue weighted by Gasteiger charge is 2.24. The Hall–Kier alpha value is -2.82. The second-order valence-corrected chi connectivity index (χ2v) is 6.75. The van der Waals surface area contributed by atoms with Crippen molar-refractivity contribution in [3.8, 4) is 17.1 Å². The van der Waals surface area contributed by atoms with Crippen LogP contribution in [0, 0.1) is 6.92 Å². The van der Waals surface area contributed by atoms with E-state index in [1.807, 2.05) is 25.1 Å². The van der Waals surface area contributed by atoms with E-state index in [1.165, 1.54) is 12.8 Å². The molecule has 0 bridgehead atoms. The highest BCUT2D eigenvalue weighted by Crippen LogP contribution is 2.37. The molecule has 1 aromatic heterocycles. The van der Waals surface area contributed by atoms with Crippen LogP contribution in [0.2, 0.25) is 0 Å². The lowest BCUT2D eigenvalue weighted by molar-refractivity contribution is 0.0697. The minimum Gasteiger partial charge on any atom is -0.508 e. The first-order valence-corrected chi connectivity index (χ1v) is 8.60. The van der Waals surface area contributed by atoms with Crippen molar-refractivity contribution in [2.24, 2.45) is 0 Å². The maximum absolute atomic E-state index is 11.3. The number of phenols is 1. The molecule has 1 heterocycles. The average Bonchev–Trinajstić information content (AvgIpc) is 3.23. The SMILES string of the molecule is Cc1cc(-c2nc3cc(C(=O)O)ccc3n2C2CCCC2)ccc1O. The number of hydrogen-bond acceptors (Lipinski definition) is 3. The van der Waals surface area contributed by atoms with Crippen LogP contribution in [0.15, 0.2) is 36.4 Å². The van der Waals surface area contributed by atoms with Crippen LogP contribution in [0.4, 0.5) is 0 Å². The molecule has 0 spiro atoms. The van der Waals surface area contributed by atoms with E-state index in [1.54, 1.807) is 18.2 Å². The fraction of sp³-hybridized carbons (Fsp3) is 0.300. The average molecular weight is 336 g/mol. The van der Waals surface area contributed by atoms with Gasteiger partial charge in [-0.2, -0.15) is 0 Å². The second-order valence-electron chi connectivity index (χ2n) is 6.75. The Morgan fingerprint density at radius 1 is 1.16 bits per heavy atom. The number of aromatic hydroxyl groups is 1. The molecule has 0 atom stereocenters. The highest BCUT2D eigenvalue weighted by molar-refractivity contribution is 5.93. The van der Waals surface area contributed by atoms with Crippen LogP contribution in [-0.2, 0) is 0 Å². The Bertz CT molecular complexity index is 968. The third-order valence-electron chi connectivity index (χ3n) is 5.08. The van der Waals surface area contributed by atoms with E-state index in [9.17, 15) is 15.0 Å². The molecule has 0 unspecified atom stereocenters. The van der Waals surface area contributed by atoms with Gasteiger partial charge in [0.05, 0.1) is 16.6 Å². The first kappa shape index (κ1) is 15.7. The summed E-state index contributed by atoms with van der Waals surface area (Å²) in [4.78, 5) is 16.0. The number of phenolic OH excluding ortho intramolecular Hbond substituents is 1. The summed E-state index contributed by atoms with van der Waals surface area (Å²) in [6.07, 6.45) is 4.61. The van der Waals surface area contributed by atoms with Gasteiger partial charge in [-0.15, -0.1) is 0 Å². The van der Waals surface area contributed by atoms with Crippen LogP contribution in [0.3, 0.4) is 0 Å². The fourth-order valence-corrected chi connectivity index (χ4v) is 3.76. The van der Waals surface area contributed by atoms with Gasteiger partial charge in [0, 0.05) is 11.6 Å². The summed E-state index contributed by atoms with van der Waals surface area (Å²) in [5.41, 5.74) is 3.66. The van der Waals surface area contributed by atoms with E-state index in [0.29, 0.717) is 11.6 Å². The number of aromatic carboxylic acids is 1. The summed E-state index contributed by atoms with van der Waals surface area (Å²) in [6, 6.07) is 11.0. The van der Waals surface area contributed by atoms with Crippen LogP contribution >= 0.6 is 0 Å². The standard InChI is InChI=1S/C20H20N2O3/c1-12-10-13(7-9-18(12)23)19-21-16-11-14(20(24)25)6-8-17(16)22(19)15-4-2-3-5-15/h6-11,15,23H,2-5H2,1H3,(H,24,25). The van der Waals surface area contributed by atoms with Crippen molar-refractivity contribution >= 4 is 17.0 Å². The van der Waals surface area contributed by atoms with Gasteiger partial charge in [0.2, 0.25) is 0 Å². The van der Waals surface area contributed by atoms with Crippen molar-refractivity contribution in [3.63, 3.8) is 0 Å². The van der Waals surface area contributed by atoms with Gasteiger partial charge < -0.3 is 14.8 Å². The Kier molecular flexibility index (Phi) is 3.71. The van der Waals surface area contributed by atoms with Crippen molar-refractivity contribution in [2.75, 3.05) is 0 Å². The number of benzene rings is 2. The topological polar surface area (TPSA) is 75.3 Å². The summed E-state index contributed by atoms with van der Waals surface area (Å²) in [7, 11) is 0. The molecule has 5 heteroatoms. The van der Waals surface area contributed by atoms with Gasteiger partial charge in [0.15, 0.2) is 0 Å². The van der Waals surface area contributed by atoms with Crippen LogP contribution in [0.1, 0.15) is 47.6 Å². The molecule has 25 heavy (non-hydrogen) atoms. The molecular formula is C20H20N2O3. The van der Waals surface area contributed by atoms with Crippen LogP contribution < -0.4 is 0 Å². The molecule has 1 aliphatic rings. The number of rotatable bonds is 3. The van der Waals surface area contributed by atoms with Crippen molar-refractivity contribution in [1.29, 1.82) is 0 Å². The molecule has 4 rings (SSSR count). The zero-order chi connectivity index (χ0) is 17.6. The summed E-state index contributed by atoms with van der Waals surface area (Å²) in [5.74, 6) is 0.160. The van der Waals surface area contributed by atoms with E-state index in [-0.39, 0.29) is 11.3 Å². The lowest BCUT2D eigenvalue weighted by Gasteiger charge is -2.17. The van der Waals surface area contributed by atoms with Crippen LogP contribution in [0.5, 0.6) is 5.75 Å². The number of aromatic nitrogens is 2. The Labute approximate surface area is 145 Å². The maximum Gasteiger partial charge on any atom is 0.335 e. The summed E-state index contributed by atoms with van der Waals surface area (Å²) >= 11 is 0. The molecular weight excluding hydrogens is 316 g/mol. The van der Waals surface area contributed by atoms with Crippen molar-refractivity contribution < 1.29 is 15.0 Å². The first-order valence-electron chi connectivity index (χ1n) is 8.60. The van der Waals surface area contributed by atoms with Gasteiger partial charge >= 0.3 is 5.97 Å². The van der Waals surface area contributed by atoms with Gasteiger partial charge in [-0.1, -0.05) is 12.8 Å². The van der Waals surface area contributed by atoms with Crippen LogP contribution in [-0.4, -0.2) is 25.7 Å². The van der Waals surface area contributed by atoms with E-state index >= 15 is 0 Å². The Morgan fingerprint density at radius 3 is 2.60 bits per heavy atom. The van der Waals surface area contributed by atoms with Crippen molar-refractivity contribution in [3.05, 3.63) is 47.5 Å². The summed E-state index contributed by atoms with van der Waals surface area (Å²) in [5, 5.41) is 19.1. The number of imidazole rings is 1. The predicted octanol–water partition coefficient (Wildman–Crippen LogP) is 4.53. The zero-order valence-electron chi connectivity index (χ0n) is 14.1. The number of carboxylic acids is 1. The summed E-state index contributed by atoms with van der Waals surface area (Å²) in [6.45, 7) is 1.87. The van der Waals surface area contributed by atoms with Gasteiger partial charge in [-0.3, -0.25) is 0 Å². The molecule has 0 amide bonds. The van der Waals surface area contributed by atoms with Gasteiger partial charge in [-0.05, 0) is 61.7 Å². The Balaban J connectivity index is 1.95. The molecule has 0 radical (unpaired) electrons. The summed E-state index contributed by atoms with van der Waals surface area (Å²) < 4.78 is 2.25. The largest absolute Gasteiger partial charge is 0.508 e. The lowest BCUT2D eigenvalue weighted by Crippen LogP contribution is -2.06. The van der Waals surface area contributed by atoms with Crippen LogP contribution in [0.25, 0.3) is 22.4 Å². The maximum atomic E-state index is 11.3. The van der Waals surface area contributed by atoms with Gasteiger partial charge in [0.1, 0.15) is 11.6 Å². The first-order chi connectivity index (χ1) is 12.0. The minimum absolute atomic E-state index is 0.247. The monoisotopic (exact) mass is 336 g/mol. The van der Waals surface area contributed by atoms with E-state index in [4.69, 9.17) is 4.98 Å². The quantitative estimate of drug-likeness (QED) is 0.737. The van der Waals surface area contributed by atoms with E-state index in [0.717, 1.165) is 35.3 Å². The minimum atomic E-state index is -0.945. The molecule has 0 aliphatic heterocycles. The number of fused-ring (bicyclic) bond motifs is 1. The zero-order valence-corrected chi connectivity index (χ0v) is 14.1. The molecule has 5 nitrogen and oxygen atoms in total. The third-order valence-corrected chi connectivity index (χ3v) is 5.08. The number of carboxylic acid groups (broad SMARTS) is 1. The smallest absolute Gasteiger partial charge is 0.335 e. The molecule has 2 N–H and O–H groups in total. The van der Waals surface area contributed by atoms with E-state index < -0.39 is 5.97 Å². The number of carbonyl (C=O) groups is 1. The molecule has 128 valence electrons. The number of hydrogen-bond donors (Lipinski definition) is 2. The van der Waals surface area contributed by atoms with Crippen molar-refractivity contribution in [2.45, 2.75) is 38.6 Å². The normalized spacial score (nSPS) is 15.1. The number of aryl methyl sites for hydroxylation is 1.